The third-order valence-corrected chi connectivity index (χ3v) is 1.89. The Bertz CT molecular complexity index is 429. The number of hydrogen-bond donors (Lipinski definition) is 2. The summed E-state index contributed by atoms with van der Waals surface area (Å²) in [5.74, 6) is -1.62. The lowest BCUT2D eigenvalue weighted by molar-refractivity contribution is -0.111. The molecule has 15 heavy (non-hydrogen) atoms. The summed E-state index contributed by atoms with van der Waals surface area (Å²) in [4.78, 5) is 21.8. The molecule has 0 aliphatic carbocycles. The van der Waals surface area contributed by atoms with Gasteiger partial charge in [0.1, 0.15) is 0 Å². The van der Waals surface area contributed by atoms with Gasteiger partial charge in [-0.3, -0.25) is 4.79 Å². The Morgan fingerprint density at radius 3 is 2.67 bits per heavy atom. The van der Waals surface area contributed by atoms with Crippen LogP contribution in [0.25, 0.3) is 0 Å². The van der Waals surface area contributed by atoms with Crippen LogP contribution in [0.4, 0.5) is 5.69 Å². The lowest BCUT2D eigenvalue weighted by atomic mass is 10.2. The highest BCUT2D eigenvalue weighted by Crippen LogP contribution is 2.21. The van der Waals surface area contributed by atoms with E-state index in [2.05, 4.69) is 11.9 Å². The Balaban J connectivity index is 3.12. The van der Waals surface area contributed by atoms with Gasteiger partial charge in [0.15, 0.2) is 0 Å². The van der Waals surface area contributed by atoms with Gasteiger partial charge in [-0.05, 0) is 24.3 Å². The first-order valence-electron chi connectivity index (χ1n) is 4.01. The molecular weight excluding hydrogens is 218 g/mol. The first-order valence-corrected chi connectivity index (χ1v) is 4.38. The van der Waals surface area contributed by atoms with E-state index in [0.29, 0.717) is 5.02 Å². The minimum Gasteiger partial charge on any atom is -0.478 e. The molecule has 1 aromatic rings. The summed E-state index contributed by atoms with van der Waals surface area (Å²) in [6.07, 6.45) is 1.05. The zero-order valence-electron chi connectivity index (χ0n) is 7.66. The van der Waals surface area contributed by atoms with Crippen LogP contribution >= 0.6 is 11.6 Å². The number of hydrogen-bond acceptors (Lipinski definition) is 2. The number of carbonyl (C=O) groups is 2. The number of carboxylic acids is 1. The van der Waals surface area contributed by atoms with E-state index in [0.717, 1.165) is 6.08 Å². The quantitative estimate of drug-likeness (QED) is 0.775. The largest absolute Gasteiger partial charge is 0.478 e. The van der Waals surface area contributed by atoms with E-state index in [-0.39, 0.29) is 11.3 Å². The van der Waals surface area contributed by atoms with Crippen molar-refractivity contribution in [3.8, 4) is 0 Å². The lowest BCUT2D eigenvalue weighted by Gasteiger charge is -2.06. The summed E-state index contributed by atoms with van der Waals surface area (Å²) in [5, 5.41) is 11.5. The van der Waals surface area contributed by atoms with Gasteiger partial charge in [-0.25, -0.2) is 4.79 Å². The van der Waals surface area contributed by atoms with Crippen molar-refractivity contribution < 1.29 is 14.7 Å². The van der Waals surface area contributed by atoms with E-state index in [1.807, 2.05) is 0 Å². The van der Waals surface area contributed by atoms with Crippen molar-refractivity contribution in [2.24, 2.45) is 0 Å². The van der Waals surface area contributed by atoms with Crippen molar-refractivity contribution in [2.75, 3.05) is 5.32 Å². The van der Waals surface area contributed by atoms with E-state index < -0.39 is 11.9 Å². The van der Waals surface area contributed by atoms with Gasteiger partial charge in [0, 0.05) is 5.02 Å². The molecule has 0 heterocycles. The van der Waals surface area contributed by atoms with Gasteiger partial charge in [0.2, 0.25) is 5.91 Å². The zero-order chi connectivity index (χ0) is 11.4. The summed E-state index contributed by atoms with van der Waals surface area (Å²) < 4.78 is 0. The molecule has 2 N–H and O–H groups in total. The zero-order valence-corrected chi connectivity index (χ0v) is 8.41. The van der Waals surface area contributed by atoms with Crippen molar-refractivity contribution in [1.29, 1.82) is 0 Å². The highest BCUT2D eigenvalue weighted by molar-refractivity contribution is 6.31. The second kappa shape index (κ2) is 4.61. The molecule has 0 aliphatic rings. The third-order valence-electron chi connectivity index (χ3n) is 1.66. The minimum absolute atomic E-state index is 0.0189. The molecule has 0 bridgehead atoms. The number of rotatable bonds is 3. The molecular formula is C10H8ClNO3. The molecule has 0 unspecified atom stereocenters. The maximum Gasteiger partial charge on any atom is 0.337 e. The van der Waals surface area contributed by atoms with Gasteiger partial charge in [-0.1, -0.05) is 18.2 Å². The lowest BCUT2D eigenvalue weighted by Crippen LogP contribution is -2.11. The average Bonchev–Trinajstić information content (AvgIpc) is 2.17. The van der Waals surface area contributed by atoms with E-state index in [9.17, 15) is 9.59 Å². The minimum atomic E-state index is -1.13. The highest BCUT2D eigenvalue weighted by Gasteiger charge is 2.11. The van der Waals surface area contributed by atoms with Crippen LogP contribution in [0.15, 0.2) is 30.9 Å². The van der Waals surface area contributed by atoms with E-state index in [1.54, 1.807) is 0 Å². The van der Waals surface area contributed by atoms with Crippen molar-refractivity contribution in [2.45, 2.75) is 0 Å². The fourth-order valence-electron chi connectivity index (χ4n) is 0.990. The first kappa shape index (κ1) is 11.3. The molecule has 0 aliphatic heterocycles. The van der Waals surface area contributed by atoms with Crippen molar-refractivity contribution in [1.82, 2.24) is 0 Å². The molecule has 1 amide bonds. The van der Waals surface area contributed by atoms with Crippen molar-refractivity contribution in [3.63, 3.8) is 0 Å². The number of amides is 1. The maximum atomic E-state index is 11.0. The standard InChI is InChI=1S/C10H8ClNO3/c1-2-9(13)12-8-5-6(11)3-4-7(8)10(14)15/h2-5H,1H2,(H,12,13)(H,14,15). The summed E-state index contributed by atoms with van der Waals surface area (Å²) in [7, 11) is 0. The molecule has 0 aromatic heterocycles. The van der Waals surface area contributed by atoms with Gasteiger partial charge in [-0.2, -0.15) is 0 Å². The summed E-state index contributed by atoms with van der Waals surface area (Å²) in [6, 6.07) is 4.13. The predicted octanol–water partition coefficient (Wildman–Crippen LogP) is 2.16. The SMILES string of the molecule is C=CC(=O)Nc1cc(Cl)ccc1C(=O)O. The summed E-state index contributed by atoms with van der Waals surface area (Å²) in [6.45, 7) is 3.26. The molecule has 0 saturated heterocycles. The maximum absolute atomic E-state index is 11.0. The van der Waals surface area contributed by atoms with Crippen LogP contribution in [0.1, 0.15) is 10.4 Å². The molecule has 1 rings (SSSR count). The monoisotopic (exact) mass is 225 g/mol. The second-order valence-corrected chi connectivity index (χ2v) is 3.12. The number of benzene rings is 1. The predicted molar refractivity (Wildman–Crippen MR) is 57.2 cm³/mol. The van der Waals surface area contributed by atoms with Crippen LogP contribution in [0.2, 0.25) is 5.02 Å². The van der Waals surface area contributed by atoms with Crippen LogP contribution in [0.3, 0.4) is 0 Å². The van der Waals surface area contributed by atoms with Crippen molar-refractivity contribution >= 4 is 29.2 Å². The molecule has 0 fully saturated rings. The smallest absolute Gasteiger partial charge is 0.337 e. The average molecular weight is 226 g/mol. The second-order valence-electron chi connectivity index (χ2n) is 2.69. The highest BCUT2D eigenvalue weighted by atomic mass is 35.5. The van der Waals surface area contributed by atoms with Gasteiger partial charge in [0.05, 0.1) is 11.3 Å². The number of carboxylic acid groups (broad SMARTS) is 1. The summed E-state index contributed by atoms with van der Waals surface area (Å²) >= 11 is 5.68. The molecule has 0 spiro atoms. The Morgan fingerprint density at radius 2 is 2.13 bits per heavy atom. The topological polar surface area (TPSA) is 66.4 Å². The fraction of sp³-hybridized carbons (Fsp3) is 0. The molecule has 78 valence electrons. The Labute approximate surface area is 91.2 Å². The Kier molecular flexibility index (Phi) is 3.46. The van der Waals surface area contributed by atoms with E-state index in [4.69, 9.17) is 16.7 Å². The molecule has 4 nitrogen and oxygen atoms in total. The fourth-order valence-corrected chi connectivity index (χ4v) is 1.16. The Hall–Kier alpha value is -1.81. The Morgan fingerprint density at radius 1 is 1.47 bits per heavy atom. The van der Waals surface area contributed by atoms with E-state index in [1.165, 1.54) is 18.2 Å². The van der Waals surface area contributed by atoms with Gasteiger partial charge < -0.3 is 10.4 Å². The van der Waals surface area contributed by atoms with Crippen LogP contribution in [0.5, 0.6) is 0 Å². The number of aromatic carboxylic acids is 1. The molecule has 1 aromatic carbocycles. The van der Waals surface area contributed by atoms with Crippen LogP contribution < -0.4 is 5.32 Å². The number of anilines is 1. The van der Waals surface area contributed by atoms with Crippen LogP contribution in [0, 0.1) is 0 Å². The van der Waals surface area contributed by atoms with Crippen LogP contribution in [-0.4, -0.2) is 17.0 Å². The normalized spacial score (nSPS) is 9.40. The van der Waals surface area contributed by atoms with Gasteiger partial charge in [-0.15, -0.1) is 0 Å². The van der Waals surface area contributed by atoms with Gasteiger partial charge >= 0.3 is 5.97 Å². The first-order chi connectivity index (χ1) is 7.04. The van der Waals surface area contributed by atoms with Crippen molar-refractivity contribution in [3.05, 3.63) is 41.4 Å². The van der Waals surface area contributed by atoms with E-state index >= 15 is 0 Å². The molecule has 0 saturated carbocycles. The number of carbonyl (C=O) groups excluding carboxylic acids is 1. The molecule has 5 heteroatoms. The number of halogens is 1. The molecule has 0 radical (unpaired) electrons. The van der Waals surface area contributed by atoms with Crippen LogP contribution in [-0.2, 0) is 4.79 Å². The number of nitrogens with one attached hydrogen (secondary N) is 1. The molecule has 0 atom stereocenters. The van der Waals surface area contributed by atoms with Gasteiger partial charge in [0.25, 0.3) is 0 Å². The summed E-state index contributed by atoms with van der Waals surface area (Å²) in [5.41, 5.74) is 0.134. The third kappa shape index (κ3) is 2.82.